The lowest BCUT2D eigenvalue weighted by molar-refractivity contribution is 0.0203. The Kier molecular flexibility index (Phi) is 4.51. The Bertz CT molecular complexity index is 972. The number of rotatable bonds is 3. The standard InChI is InChI=1S/C20H27N5O3/c1-20(2,3)28-19(27)24-8-6-12(7-9-24)15-10-16(26)23-18-14(11-22-25(15)18)17(21)13-4-5-13/h10-13,21H,4-9H2,1-3H3,(H,23,26). The summed E-state index contributed by atoms with van der Waals surface area (Å²) in [7, 11) is 0. The van der Waals surface area contributed by atoms with Gasteiger partial charge < -0.3 is 20.0 Å². The predicted molar refractivity (Wildman–Crippen MR) is 105 cm³/mol. The lowest BCUT2D eigenvalue weighted by Gasteiger charge is -2.33. The Morgan fingerprint density at radius 2 is 1.93 bits per heavy atom. The highest BCUT2D eigenvalue weighted by Gasteiger charge is 2.31. The SMILES string of the molecule is CC(C)(C)OC(=O)N1CCC(c2cc(=O)[nH]c3c(C(=N)C4CC4)cnn23)CC1. The number of H-pyrrole nitrogens is 1. The van der Waals surface area contributed by atoms with Crippen molar-refractivity contribution in [2.24, 2.45) is 5.92 Å². The smallest absolute Gasteiger partial charge is 0.410 e. The first-order chi connectivity index (χ1) is 13.2. The van der Waals surface area contributed by atoms with Crippen LogP contribution >= 0.6 is 0 Å². The van der Waals surface area contributed by atoms with Crippen molar-refractivity contribution in [1.29, 1.82) is 5.41 Å². The number of likely N-dealkylation sites (tertiary alicyclic amines) is 1. The highest BCUT2D eigenvalue weighted by molar-refractivity contribution is 6.05. The summed E-state index contributed by atoms with van der Waals surface area (Å²) in [5, 5.41) is 12.8. The summed E-state index contributed by atoms with van der Waals surface area (Å²) < 4.78 is 7.22. The minimum Gasteiger partial charge on any atom is -0.444 e. The number of aromatic nitrogens is 3. The summed E-state index contributed by atoms with van der Waals surface area (Å²) in [6.07, 6.45) is 4.94. The maximum atomic E-state index is 12.3. The van der Waals surface area contributed by atoms with E-state index >= 15 is 0 Å². The number of aromatic amines is 1. The third-order valence-corrected chi connectivity index (χ3v) is 5.38. The van der Waals surface area contributed by atoms with Gasteiger partial charge in [0.25, 0.3) is 5.56 Å². The molecule has 2 N–H and O–H groups in total. The molecule has 8 nitrogen and oxygen atoms in total. The van der Waals surface area contributed by atoms with Crippen molar-refractivity contribution in [3.63, 3.8) is 0 Å². The molecule has 0 bridgehead atoms. The van der Waals surface area contributed by atoms with Gasteiger partial charge in [-0.15, -0.1) is 0 Å². The van der Waals surface area contributed by atoms with Crippen molar-refractivity contribution in [3.05, 3.63) is 33.9 Å². The number of carbonyl (C=O) groups is 1. The van der Waals surface area contributed by atoms with Crippen LogP contribution in [0.15, 0.2) is 17.1 Å². The van der Waals surface area contributed by atoms with Crippen LogP contribution < -0.4 is 5.56 Å². The number of hydrogen-bond acceptors (Lipinski definition) is 5. The van der Waals surface area contributed by atoms with Crippen LogP contribution in [0.1, 0.15) is 63.6 Å². The quantitative estimate of drug-likeness (QED) is 0.793. The number of hydrogen-bond donors (Lipinski definition) is 2. The Balaban J connectivity index is 1.55. The summed E-state index contributed by atoms with van der Waals surface area (Å²) in [6.45, 7) is 6.75. The zero-order chi connectivity index (χ0) is 20.1. The van der Waals surface area contributed by atoms with Crippen molar-refractivity contribution < 1.29 is 9.53 Å². The molecule has 2 aromatic rings. The van der Waals surface area contributed by atoms with Gasteiger partial charge in [0.05, 0.1) is 17.5 Å². The molecule has 1 aliphatic carbocycles. The van der Waals surface area contributed by atoms with Crippen LogP contribution in [0.3, 0.4) is 0 Å². The highest BCUT2D eigenvalue weighted by atomic mass is 16.6. The monoisotopic (exact) mass is 385 g/mol. The fourth-order valence-electron chi connectivity index (χ4n) is 3.78. The summed E-state index contributed by atoms with van der Waals surface area (Å²) in [6, 6.07) is 1.60. The molecule has 0 aromatic carbocycles. The Morgan fingerprint density at radius 1 is 1.25 bits per heavy atom. The van der Waals surface area contributed by atoms with Gasteiger partial charge in [-0.05, 0) is 46.5 Å². The van der Waals surface area contributed by atoms with E-state index in [0.717, 1.165) is 31.4 Å². The van der Waals surface area contributed by atoms with Crippen molar-refractivity contribution in [2.45, 2.75) is 58.0 Å². The van der Waals surface area contributed by atoms with Gasteiger partial charge in [-0.1, -0.05) is 0 Å². The summed E-state index contributed by atoms with van der Waals surface area (Å²) >= 11 is 0. The van der Waals surface area contributed by atoms with Crippen LogP contribution in [0.4, 0.5) is 4.79 Å². The number of piperidine rings is 1. The molecule has 4 rings (SSSR count). The van der Waals surface area contributed by atoms with E-state index in [1.807, 2.05) is 20.8 Å². The molecule has 1 saturated heterocycles. The van der Waals surface area contributed by atoms with E-state index in [4.69, 9.17) is 10.1 Å². The Hall–Kier alpha value is -2.64. The third kappa shape index (κ3) is 3.68. The average molecular weight is 385 g/mol. The molecule has 150 valence electrons. The largest absolute Gasteiger partial charge is 0.444 e. The number of amides is 1. The number of nitrogens with one attached hydrogen (secondary N) is 2. The van der Waals surface area contributed by atoms with E-state index in [9.17, 15) is 9.59 Å². The first kappa shape index (κ1) is 18.7. The summed E-state index contributed by atoms with van der Waals surface area (Å²) in [5.74, 6) is 0.420. The number of ether oxygens (including phenoxy) is 1. The number of nitrogens with zero attached hydrogens (tertiary/aromatic N) is 3. The first-order valence-electron chi connectivity index (χ1n) is 9.90. The van der Waals surface area contributed by atoms with E-state index in [0.29, 0.717) is 30.0 Å². The average Bonchev–Trinajstić information content (AvgIpc) is 3.39. The van der Waals surface area contributed by atoms with Gasteiger partial charge in [-0.25, -0.2) is 9.31 Å². The van der Waals surface area contributed by atoms with Crippen LogP contribution in [0, 0.1) is 11.3 Å². The van der Waals surface area contributed by atoms with Gasteiger partial charge in [0, 0.05) is 36.7 Å². The van der Waals surface area contributed by atoms with Gasteiger partial charge in [0.2, 0.25) is 0 Å². The molecule has 0 radical (unpaired) electrons. The van der Waals surface area contributed by atoms with E-state index in [-0.39, 0.29) is 23.5 Å². The molecule has 0 unspecified atom stereocenters. The second kappa shape index (κ2) is 6.76. The molecule has 8 heteroatoms. The second-order valence-electron chi connectivity index (χ2n) is 8.81. The Labute approximate surface area is 163 Å². The molecule has 0 atom stereocenters. The Morgan fingerprint density at radius 3 is 2.54 bits per heavy atom. The first-order valence-corrected chi connectivity index (χ1v) is 9.90. The van der Waals surface area contributed by atoms with E-state index in [2.05, 4.69) is 10.1 Å². The minimum absolute atomic E-state index is 0.131. The molecule has 1 amide bonds. The molecule has 2 fully saturated rings. The van der Waals surface area contributed by atoms with Gasteiger partial charge in [-0.2, -0.15) is 5.10 Å². The van der Waals surface area contributed by atoms with Crippen LogP contribution in [0.2, 0.25) is 0 Å². The fourth-order valence-corrected chi connectivity index (χ4v) is 3.78. The summed E-state index contributed by atoms with van der Waals surface area (Å²) in [4.78, 5) is 29.1. The molecule has 2 aliphatic rings. The topological polar surface area (TPSA) is 104 Å². The zero-order valence-corrected chi connectivity index (χ0v) is 16.6. The van der Waals surface area contributed by atoms with Crippen LogP contribution in [0.25, 0.3) is 5.65 Å². The van der Waals surface area contributed by atoms with Crippen LogP contribution in [0.5, 0.6) is 0 Å². The molecule has 1 saturated carbocycles. The number of carbonyl (C=O) groups excluding carboxylic acids is 1. The molecule has 3 heterocycles. The fraction of sp³-hybridized carbons (Fsp3) is 0.600. The molecular formula is C20H27N5O3. The lowest BCUT2D eigenvalue weighted by atomic mass is 9.93. The third-order valence-electron chi connectivity index (χ3n) is 5.38. The van der Waals surface area contributed by atoms with E-state index in [1.165, 1.54) is 0 Å². The second-order valence-corrected chi connectivity index (χ2v) is 8.81. The minimum atomic E-state index is -0.510. The van der Waals surface area contributed by atoms with Gasteiger partial charge in [0.1, 0.15) is 11.2 Å². The van der Waals surface area contributed by atoms with Gasteiger partial charge in [0.15, 0.2) is 0 Å². The van der Waals surface area contributed by atoms with Gasteiger partial charge >= 0.3 is 6.09 Å². The van der Waals surface area contributed by atoms with Crippen molar-refractivity contribution >= 4 is 17.5 Å². The lowest BCUT2D eigenvalue weighted by Crippen LogP contribution is -2.41. The number of fused-ring (bicyclic) bond motifs is 1. The van der Waals surface area contributed by atoms with Gasteiger partial charge in [-0.3, -0.25) is 4.79 Å². The molecule has 28 heavy (non-hydrogen) atoms. The van der Waals surface area contributed by atoms with E-state index in [1.54, 1.807) is 21.7 Å². The van der Waals surface area contributed by atoms with Crippen molar-refractivity contribution in [2.75, 3.05) is 13.1 Å². The molecular weight excluding hydrogens is 358 g/mol. The molecule has 1 aliphatic heterocycles. The van der Waals surface area contributed by atoms with Crippen molar-refractivity contribution in [1.82, 2.24) is 19.5 Å². The maximum absolute atomic E-state index is 12.3. The zero-order valence-electron chi connectivity index (χ0n) is 16.6. The molecule has 2 aromatic heterocycles. The maximum Gasteiger partial charge on any atom is 0.410 e. The van der Waals surface area contributed by atoms with Crippen LogP contribution in [-0.4, -0.2) is 50.0 Å². The van der Waals surface area contributed by atoms with Crippen LogP contribution in [-0.2, 0) is 4.74 Å². The predicted octanol–water partition coefficient (Wildman–Crippen LogP) is 2.91. The normalized spacial score (nSPS) is 18.5. The van der Waals surface area contributed by atoms with Crippen molar-refractivity contribution in [3.8, 4) is 0 Å². The van der Waals surface area contributed by atoms with E-state index < -0.39 is 5.60 Å². The molecule has 0 spiro atoms. The summed E-state index contributed by atoms with van der Waals surface area (Å²) in [5.41, 5.74) is 2.04. The highest BCUT2D eigenvalue weighted by Crippen LogP contribution is 2.34.